The molecule has 38 heavy (non-hydrogen) atoms. The first-order chi connectivity index (χ1) is 18.1. The summed E-state index contributed by atoms with van der Waals surface area (Å²) in [5, 5.41) is 0. The Hall–Kier alpha value is -2.55. The minimum atomic E-state index is -0.287. The van der Waals surface area contributed by atoms with Crippen LogP contribution in [0.5, 0.6) is 0 Å². The summed E-state index contributed by atoms with van der Waals surface area (Å²) < 4.78 is 0. The summed E-state index contributed by atoms with van der Waals surface area (Å²) in [4.78, 5) is 41.3. The van der Waals surface area contributed by atoms with E-state index in [1.54, 1.807) is 0 Å². The maximum atomic E-state index is 14.2. The Morgan fingerprint density at radius 2 is 1.66 bits per heavy atom. The Balaban J connectivity index is 1.55. The van der Waals surface area contributed by atoms with Gasteiger partial charge in [0.05, 0.1) is 0 Å². The number of benzene rings is 2. The molecule has 0 radical (unpaired) electrons. The molecule has 2 aliphatic carbocycles. The van der Waals surface area contributed by atoms with Crippen LogP contribution in [-0.4, -0.2) is 17.3 Å². The summed E-state index contributed by atoms with van der Waals surface area (Å²) in [6, 6.07) is 16.1. The molecule has 2 fully saturated rings. The predicted molar refractivity (Wildman–Crippen MR) is 154 cm³/mol. The van der Waals surface area contributed by atoms with Gasteiger partial charge in [-0.1, -0.05) is 88.6 Å². The molecule has 0 amide bonds. The maximum absolute atomic E-state index is 14.2. The van der Waals surface area contributed by atoms with E-state index in [2.05, 4.69) is 26.0 Å². The molecule has 0 saturated heterocycles. The van der Waals surface area contributed by atoms with Crippen molar-refractivity contribution in [3.8, 4) is 0 Å². The number of hydrogen-bond acceptors (Lipinski definition) is 3. The summed E-state index contributed by atoms with van der Waals surface area (Å²) in [6.45, 7) is 10.4. The molecule has 2 saturated carbocycles. The quantitative estimate of drug-likeness (QED) is 0.269. The van der Waals surface area contributed by atoms with Gasteiger partial charge < -0.3 is 0 Å². The number of rotatable bonds is 12. The molecule has 3 heteroatoms. The number of carbonyl (C=O) groups is 3. The van der Waals surface area contributed by atoms with E-state index in [4.69, 9.17) is 0 Å². The van der Waals surface area contributed by atoms with Gasteiger partial charge in [0.2, 0.25) is 0 Å². The van der Waals surface area contributed by atoms with Gasteiger partial charge in [-0.15, -0.1) is 0 Å². The summed E-state index contributed by atoms with van der Waals surface area (Å²) in [5.74, 6) is 0.447. The van der Waals surface area contributed by atoms with Crippen LogP contribution < -0.4 is 0 Å². The highest BCUT2D eigenvalue weighted by atomic mass is 16.1. The summed E-state index contributed by atoms with van der Waals surface area (Å²) >= 11 is 0. The van der Waals surface area contributed by atoms with E-state index in [1.165, 1.54) is 19.3 Å². The third-order valence-corrected chi connectivity index (χ3v) is 9.93. The second-order valence-corrected chi connectivity index (χ2v) is 12.9. The summed E-state index contributed by atoms with van der Waals surface area (Å²) in [7, 11) is 0. The number of aryl methyl sites for hydroxylation is 1. The van der Waals surface area contributed by atoms with E-state index >= 15 is 0 Å². The molecule has 0 N–H and O–H groups in total. The zero-order chi connectivity index (χ0) is 27.4. The molecule has 4 rings (SSSR count). The lowest BCUT2D eigenvalue weighted by Crippen LogP contribution is -2.38. The molecular weight excluding hydrogens is 468 g/mol. The molecule has 0 spiro atoms. The molecule has 0 bridgehead atoms. The van der Waals surface area contributed by atoms with Crippen LogP contribution in [0, 0.1) is 48.9 Å². The van der Waals surface area contributed by atoms with E-state index in [9.17, 15) is 14.4 Å². The minimum absolute atomic E-state index is 0.103. The van der Waals surface area contributed by atoms with Crippen molar-refractivity contribution in [2.24, 2.45) is 35.0 Å². The van der Waals surface area contributed by atoms with Gasteiger partial charge in [-0.2, -0.15) is 0 Å². The molecule has 0 aliphatic heterocycles. The topological polar surface area (TPSA) is 51.2 Å². The lowest BCUT2D eigenvalue weighted by atomic mass is 9.69. The summed E-state index contributed by atoms with van der Waals surface area (Å²) in [6.07, 6.45) is 8.06. The van der Waals surface area contributed by atoms with Gasteiger partial charge in [-0.3, -0.25) is 14.4 Å². The standard InChI is InChI=1S/C35H46O3/c1-23-11-9-16-29(24(23)2)32(37)22-28(21-27-12-7-6-8-13-27)25(3)34(38)30-19-20-35(4,5)33(30)31(36)18-17-26-14-10-15-26/h6-9,11-13,16,25-26,28,30,33H,10,14-15,17-22H2,1-5H3. The van der Waals surface area contributed by atoms with Gasteiger partial charge in [-0.05, 0) is 73.5 Å². The van der Waals surface area contributed by atoms with Gasteiger partial charge in [0.15, 0.2) is 5.78 Å². The second-order valence-electron chi connectivity index (χ2n) is 12.9. The lowest BCUT2D eigenvalue weighted by Gasteiger charge is -2.33. The van der Waals surface area contributed by atoms with Crippen molar-refractivity contribution in [2.75, 3.05) is 0 Å². The molecule has 2 aliphatic rings. The van der Waals surface area contributed by atoms with Gasteiger partial charge in [0, 0.05) is 36.2 Å². The maximum Gasteiger partial charge on any atom is 0.163 e. The summed E-state index contributed by atoms with van der Waals surface area (Å²) in [5.41, 5.74) is 3.88. The fourth-order valence-electron chi connectivity index (χ4n) is 6.96. The second kappa shape index (κ2) is 12.1. The van der Waals surface area contributed by atoms with Gasteiger partial charge >= 0.3 is 0 Å². The van der Waals surface area contributed by atoms with Gasteiger partial charge in [0.1, 0.15) is 11.6 Å². The zero-order valence-corrected chi connectivity index (χ0v) is 24.1. The first kappa shape index (κ1) is 28.5. The Labute approximate surface area is 229 Å². The van der Waals surface area contributed by atoms with Gasteiger partial charge in [-0.25, -0.2) is 0 Å². The molecule has 3 nitrogen and oxygen atoms in total. The number of hydrogen-bond donors (Lipinski definition) is 0. The fourth-order valence-corrected chi connectivity index (χ4v) is 6.96. The van der Waals surface area contributed by atoms with E-state index in [1.807, 2.05) is 57.2 Å². The first-order valence-corrected chi connectivity index (χ1v) is 14.8. The van der Waals surface area contributed by atoms with Crippen LogP contribution in [0.25, 0.3) is 0 Å². The molecule has 0 heterocycles. The molecule has 2 aromatic carbocycles. The van der Waals surface area contributed by atoms with Crippen molar-refractivity contribution in [1.29, 1.82) is 0 Å². The van der Waals surface area contributed by atoms with Crippen molar-refractivity contribution < 1.29 is 14.4 Å². The molecule has 2 aromatic rings. The Bertz CT molecular complexity index is 1140. The molecule has 4 atom stereocenters. The highest BCUT2D eigenvalue weighted by Crippen LogP contribution is 2.49. The van der Waals surface area contributed by atoms with Crippen molar-refractivity contribution in [3.63, 3.8) is 0 Å². The Kier molecular flexibility index (Phi) is 9.06. The molecule has 4 unspecified atom stereocenters. The van der Waals surface area contributed by atoms with Crippen LogP contribution >= 0.6 is 0 Å². The largest absolute Gasteiger partial charge is 0.299 e. The lowest BCUT2D eigenvalue weighted by molar-refractivity contribution is -0.136. The molecular formula is C35H46O3. The zero-order valence-electron chi connectivity index (χ0n) is 24.1. The van der Waals surface area contributed by atoms with Crippen LogP contribution in [0.4, 0.5) is 0 Å². The van der Waals surface area contributed by atoms with Crippen molar-refractivity contribution in [3.05, 3.63) is 70.8 Å². The van der Waals surface area contributed by atoms with E-state index in [0.717, 1.165) is 41.5 Å². The average molecular weight is 515 g/mol. The van der Waals surface area contributed by atoms with E-state index < -0.39 is 0 Å². The van der Waals surface area contributed by atoms with Crippen LogP contribution in [0.2, 0.25) is 0 Å². The van der Waals surface area contributed by atoms with Crippen LogP contribution in [-0.2, 0) is 16.0 Å². The first-order valence-electron chi connectivity index (χ1n) is 14.8. The smallest absolute Gasteiger partial charge is 0.163 e. The number of ketones is 3. The predicted octanol–water partition coefficient (Wildman–Crippen LogP) is 8.14. The number of carbonyl (C=O) groups excluding carboxylic acids is 3. The van der Waals surface area contributed by atoms with Gasteiger partial charge in [0.25, 0.3) is 0 Å². The number of Topliss-reactive ketones (excluding diaryl/α,β-unsaturated/α-hetero) is 3. The monoisotopic (exact) mass is 514 g/mol. The Morgan fingerprint density at radius 1 is 0.947 bits per heavy atom. The fraction of sp³-hybridized carbons (Fsp3) is 0.571. The Morgan fingerprint density at radius 3 is 2.32 bits per heavy atom. The van der Waals surface area contributed by atoms with Crippen LogP contribution in [0.3, 0.4) is 0 Å². The SMILES string of the molecule is Cc1cccc(C(=O)CC(Cc2ccccc2)C(C)C(=O)C2CCC(C)(C)C2C(=O)CCC2CCC2)c1C. The molecule has 0 aromatic heterocycles. The van der Waals surface area contributed by atoms with Crippen LogP contribution in [0.15, 0.2) is 48.5 Å². The molecule has 204 valence electrons. The average Bonchev–Trinajstić information content (AvgIpc) is 3.18. The highest BCUT2D eigenvalue weighted by Gasteiger charge is 2.50. The minimum Gasteiger partial charge on any atom is -0.299 e. The third kappa shape index (κ3) is 6.35. The highest BCUT2D eigenvalue weighted by molar-refractivity contribution is 5.98. The van der Waals surface area contributed by atoms with Crippen LogP contribution in [0.1, 0.15) is 99.2 Å². The normalized spacial score (nSPS) is 22.4. The van der Waals surface area contributed by atoms with Crippen molar-refractivity contribution in [1.82, 2.24) is 0 Å². The van der Waals surface area contributed by atoms with E-state index in [-0.39, 0.29) is 46.4 Å². The third-order valence-electron chi connectivity index (χ3n) is 9.93. The van der Waals surface area contributed by atoms with Crippen molar-refractivity contribution >= 4 is 17.3 Å². The van der Waals surface area contributed by atoms with E-state index in [0.29, 0.717) is 25.2 Å². The van der Waals surface area contributed by atoms with Crippen molar-refractivity contribution in [2.45, 2.75) is 92.4 Å².